The van der Waals surface area contributed by atoms with Crippen molar-refractivity contribution in [3.05, 3.63) is 106 Å². The molecular weight excluding hydrogens is 448 g/mol. The van der Waals surface area contributed by atoms with Crippen molar-refractivity contribution in [3.8, 4) is 17.2 Å². The Bertz CT molecular complexity index is 1450. The van der Waals surface area contributed by atoms with E-state index in [1.54, 1.807) is 44.2 Å². The Morgan fingerprint density at radius 1 is 0.943 bits per heavy atom. The van der Waals surface area contributed by atoms with Gasteiger partial charge in [-0.15, -0.1) is 0 Å². The van der Waals surface area contributed by atoms with Gasteiger partial charge in [0.05, 0.1) is 17.6 Å². The lowest BCUT2D eigenvalue weighted by atomic mass is 10.2. The quantitative estimate of drug-likeness (QED) is 0.195. The molecule has 0 amide bonds. The second-order valence-corrected chi connectivity index (χ2v) is 7.49. The summed E-state index contributed by atoms with van der Waals surface area (Å²) in [7, 11) is 0. The van der Waals surface area contributed by atoms with Crippen molar-refractivity contribution in [2.75, 3.05) is 6.61 Å². The van der Waals surface area contributed by atoms with Crippen LogP contribution in [0.1, 0.15) is 28.6 Å². The number of ether oxygens (including phenoxy) is 3. The van der Waals surface area contributed by atoms with Crippen LogP contribution in [0.15, 0.2) is 88.1 Å². The molecule has 0 aliphatic rings. The molecule has 0 saturated heterocycles. The summed E-state index contributed by atoms with van der Waals surface area (Å²) in [6, 6.07) is 20.1. The predicted molar refractivity (Wildman–Crippen MR) is 131 cm³/mol. The fourth-order valence-electron chi connectivity index (χ4n) is 3.32. The van der Waals surface area contributed by atoms with Gasteiger partial charge in [0.1, 0.15) is 22.8 Å². The zero-order valence-corrected chi connectivity index (χ0v) is 19.1. The largest absolute Gasteiger partial charge is 0.462 e. The highest BCUT2D eigenvalue weighted by Gasteiger charge is 2.16. The second-order valence-electron chi connectivity index (χ2n) is 7.49. The van der Waals surface area contributed by atoms with E-state index in [1.165, 1.54) is 24.3 Å². The maximum atomic E-state index is 13.0. The van der Waals surface area contributed by atoms with Crippen molar-refractivity contribution in [1.82, 2.24) is 0 Å². The lowest BCUT2D eigenvalue weighted by molar-refractivity contribution is -0.128. The Morgan fingerprint density at radius 3 is 2.37 bits per heavy atom. The molecule has 0 saturated carbocycles. The second kappa shape index (κ2) is 10.5. The van der Waals surface area contributed by atoms with E-state index in [1.807, 2.05) is 30.3 Å². The molecule has 0 fully saturated rings. The number of carbonyl (C=O) groups is 2. The van der Waals surface area contributed by atoms with E-state index >= 15 is 0 Å². The summed E-state index contributed by atoms with van der Waals surface area (Å²) < 4.78 is 21.8. The van der Waals surface area contributed by atoms with Gasteiger partial charge in [0, 0.05) is 12.1 Å². The Labute approximate surface area is 201 Å². The predicted octanol–water partition coefficient (Wildman–Crippen LogP) is 5.69. The molecule has 0 aliphatic carbocycles. The van der Waals surface area contributed by atoms with E-state index in [0.717, 1.165) is 5.56 Å². The molecule has 4 rings (SSSR count). The number of hydrogen-bond donors (Lipinski definition) is 0. The summed E-state index contributed by atoms with van der Waals surface area (Å²) in [5.41, 5.74) is 1.13. The van der Waals surface area contributed by atoms with Crippen LogP contribution >= 0.6 is 0 Å². The van der Waals surface area contributed by atoms with Crippen LogP contribution in [0.2, 0.25) is 0 Å². The highest BCUT2D eigenvalue weighted by Crippen LogP contribution is 2.27. The lowest BCUT2D eigenvalue weighted by Crippen LogP contribution is -2.08. The third-order valence-corrected chi connectivity index (χ3v) is 5.00. The minimum absolute atomic E-state index is 0.0249. The monoisotopic (exact) mass is 470 g/mol. The standard InChI is InChI=1S/C28H22O7/c1-3-32-28(31)20-10-12-21(13-11-20)35-27-18(2)33-24-17-22(14-15-23(24)26(27)30)34-25(29)16-9-19-7-5-4-6-8-19/h4-17H,3H2,1-2H3. The average Bonchev–Trinajstić information content (AvgIpc) is 2.86. The molecule has 3 aromatic carbocycles. The highest BCUT2D eigenvalue weighted by atomic mass is 16.5. The molecular formula is C28H22O7. The fraction of sp³-hybridized carbons (Fsp3) is 0.107. The highest BCUT2D eigenvalue weighted by molar-refractivity contribution is 5.90. The van der Waals surface area contributed by atoms with Gasteiger partial charge in [0.25, 0.3) is 0 Å². The molecule has 0 aliphatic heterocycles. The molecule has 35 heavy (non-hydrogen) atoms. The summed E-state index contributed by atoms with van der Waals surface area (Å²) >= 11 is 0. The number of hydrogen-bond acceptors (Lipinski definition) is 7. The summed E-state index contributed by atoms with van der Waals surface area (Å²) in [5.74, 6) is -0.109. The van der Waals surface area contributed by atoms with Crippen LogP contribution < -0.4 is 14.9 Å². The fourth-order valence-corrected chi connectivity index (χ4v) is 3.32. The minimum Gasteiger partial charge on any atom is -0.462 e. The van der Waals surface area contributed by atoms with Crippen molar-refractivity contribution < 1.29 is 28.2 Å². The first-order chi connectivity index (χ1) is 16.9. The maximum absolute atomic E-state index is 13.0. The number of esters is 2. The molecule has 1 aromatic heterocycles. The first kappa shape index (κ1) is 23.5. The van der Waals surface area contributed by atoms with E-state index in [9.17, 15) is 14.4 Å². The van der Waals surface area contributed by atoms with Gasteiger partial charge >= 0.3 is 11.9 Å². The Hall–Kier alpha value is -4.65. The van der Waals surface area contributed by atoms with Gasteiger partial charge in [-0.2, -0.15) is 0 Å². The van der Waals surface area contributed by atoms with Crippen LogP contribution in [0.5, 0.6) is 17.2 Å². The minimum atomic E-state index is -0.557. The van der Waals surface area contributed by atoms with Gasteiger partial charge in [-0.3, -0.25) is 4.79 Å². The molecule has 0 bridgehead atoms. The molecule has 1 heterocycles. The summed E-state index contributed by atoms with van der Waals surface area (Å²) in [6.45, 7) is 3.61. The van der Waals surface area contributed by atoms with Gasteiger partial charge in [-0.1, -0.05) is 30.3 Å². The molecule has 4 aromatic rings. The van der Waals surface area contributed by atoms with E-state index in [-0.39, 0.29) is 40.3 Å². The van der Waals surface area contributed by atoms with Gasteiger partial charge in [-0.25, -0.2) is 9.59 Å². The first-order valence-corrected chi connectivity index (χ1v) is 10.9. The van der Waals surface area contributed by atoms with Crippen LogP contribution in [0.3, 0.4) is 0 Å². The third-order valence-electron chi connectivity index (χ3n) is 5.00. The molecule has 7 heteroatoms. The lowest BCUT2D eigenvalue weighted by Gasteiger charge is -2.10. The van der Waals surface area contributed by atoms with Gasteiger partial charge < -0.3 is 18.6 Å². The summed E-state index contributed by atoms with van der Waals surface area (Å²) in [4.78, 5) is 37.0. The summed E-state index contributed by atoms with van der Waals surface area (Å²) in [5, 5.41) is 0.272. The van der Waals surface area contributed by atoms with Crippen molar-refractivity contribution >= 4 is 29.0 Å². The van der Waals surface area contributed by atoms with Crippen molar-refractivity contribution in [1.29, 1.82) is 0 Å². The van der Waals surface area contributed by atoms with Crippen molar-refractivity contribution in [3.63, 3.8) is 0 Å². The van der Waals surface area contributed by atoms with Crippen LogP contribution in [-0.4, -0.2) is 18.5 Å². The molecule has 176 valence electrons. The van der Waals surface area contributed by atoms with Crippen molar-refractivity contribution in [2.24, 2.45) is 0 Å². The normalized spacial score (nSPS) is 10.9. The molecule has 0 spiro atoms. The smallest absolute Gasteiger partial charge is 0.338 e. The van der Waals surface area contributed by atoms with E-state index in [4.69, 9.17) is 18.6 Å². The van der Waals surface area contributed by atoms with Crippen LogP contribution in [0, 0.1) is 6.92 Å². The van der Waals surface area contributed by atoms with Gasteiger partial charge in [0.15, 0.2) is 0 Å². The number of benzene rings is 3. The van der Waals surface area contributed by atoms with Gasteiger partial charge in [-0.05, 0) is 61.9 Å². The van der Waals surface area contributed by atoms with E-state index in [2.05, 4.69) is 0 Å². The number of carbonyl (C=O) groups excluding carboxylic acids is 2. The van der Waals surface area contributed by atoms with Gasteiger partial charge in [0.2, 0.25) is 11.2 Å². The molecule has 0 atom stereocenters. The molecule has 0 unspecified atom stereocenters. The molecule has 7 nitrogen and oxygen atoms in total. The molecule has 0 radical (unpaired) electrons. The number of aryl methyl sites for hydroxylation is 1. The van der Waals surface area contributed by atoms with E-state index < -0.39 is 11.9 Å². The maximum Gasteiger partial charge on any atom is 0.338 e. The van der Waals surface area contributed by atoms with Crippen LogP contribution in [0.25, 0.3) is 17.0 Å². The average molecular weight is 470 g/mol. The van der Waals surface area contributed by atoms with Crippen LogP contribution in [-0.2, 0) is 9.53 Å². The zero-order valence-electron chi connectivity index (χ0n) is 19.1. The third kappa shape index (κ3) is 5.65. The van der Waals surface area contributed by atoms with Crippen molar-refractivity contribution in [2.45, 2.75) is 13.8 Å². The Balaban J connectivity index is 1.52. The summed E-state index contributed by atoms with van der Waals surface area (Å²) in [6.07, 6.45) is 2.97. The first-order valence-electron chi connectivity index (χ1n) is 10.9. The molecule has 0 N–H and O–H groups in total. The number of fused-ring (bicyclic) bond motifs is 1. The SMILES string of the molecule is CCOC(=O)c1ccc(Oc2c(C)oc3cc(OC(=O)C=Cc4ccccc4)ccc3c2=O)cc1. The zero-order chi connectivity index (χ0) is 24.8. The Morgan fingerprint density at radius 2 is 1.66 bits per heavy atom. The number of rotatable bonds is 7. The topological polar surface area (TPSA) is 92.0 Å². The van der Waals surface area contributed by atoms with Crippen LogP contribution in [0.4, 0.5) is 0 Å². The van der Waals surface area contributed by atoms with E-state index in [0.29, 0.717) is 11.3 Å². The Kier molecular flexibility index (Phi) is 7.07.